The zero-order valence-corrected chi connectivity index (χ0v) is 11.4. The number of nitrogens with one attached hydrogen (secondary N) is 1. The summed E-state index contributed by atoms with van der Waals surface area (Å²) in [5.41, 5.74) is 0.534. The quantitative estimate of drug-likeness (QED) is 0.863. The second-order valence-corrected chi connectivity index (χ2v) is 4.95. The summed E-state index contributed by atoms with van der Waals surface area (Å²) >= 11 is 0. The first kappa shape index (κ1) is 14.9. The van der Waals surface area contributed by atoms with Crippen molar-refractivity contribution in [1.82, 2.24) is 0 Å². The molecule has 6 heteroatoms. The molecular weight excluding hydrogens is 272 g/mol. The summed E-state index contributed by atoms with van der Waals surface area (Å²) in [6, 6.07) is 8.56. The maximum Gasteiger partial charge on any atom is 0.307 e. The van der Waals surface area contributed by atoms with Crippen LogP contribution in [0, 0.1) is 23.2 Å². The number of hydrogen-bond donors (Lipinski definition) is 2. The number of aliphatic carboxylic acids is 1. The van der Waals surface area contributed by atoms with Crippen molar-refractivity contribution in [3.05, 3.63) is 24.3 Å². The fourth-order valence-electron chi connectivity index (χ4n) is 2.58. The highest BCUT2D eigenvalue weighted by molar-refractivity contribution is 5.95. The number of amides is 1. The number of nitrogens with zero attached hydrogens (tertiary/aromatic N) is 1. The van der Waals surface area contributed by atoms with E-state index in [1.54, 1.807) is 24.3 Å². The predicted molar refractivity (Wildman–Crippen MR) is 74.6 cm³/mol. The molecule has 1 amide bonds. The minimum atomic E-state index is -0.918. The van der Waals surface area contributed by atoms with E-state index in [1.807, 2.05) is 6.07 Å². The van der Waals surface area contributed by atoms with Gasteiger partial charge in [0.15, 0.2) is 6.61 Å². The highest BCUT2D eigenvalue weighted by Gasteiger charge is 2.37. The first-order valence-corrected chi connectivity index (χ1v) is 6.75. The van der Waals surface area contributed by atoms with Gasteiger partial charge in [0, 0.05) is 11.8 Å². The van der Waals surface area contributed by atoms with E-state index in [4.69, 9.17) is 15.1 Å². The first-order chi connectivity index (χ1) is 10.1. The zero-order valence-electron chi connectivity index (χ0n) is 11.4. The first-order valence-electron chi connectivity index (χ1n) is 6.75. The molecule has 1 aliphatic rings. The van der Waals surface area contributed by atoms with Crippen LogP contribution in [0.25, 0.3) is 0 Å². The maximum absolute atomic E-state index is 12.2. The Morgan fingerprint density at radius 3 is 2.86 bits per heavy atom. The highest BCUT2D eigenvalue weighted by Crippen LogP contribution is 2.33. The number of nitriles is 1. The molecule has 0 aromatic heterocycles. The Bertz CT molecular complexity index is 579. The number of carboxylic acids is 1. The summed E-state index contributed by atoms with van der Waals surface area (Å²) in [4.78, 5) is 23.3. The molecule has 1 fully saturated rings. The summed E-state index contributed by atoms with van der Waals surface area (Å²) in [7, 11) is 0. The number of rotatable bonds is 5. The third-order valence-electron chi connectivity index (χ3n) is 3.57. The minimum absolute atomic E-state index is 0.0683. The van der Waals surface area contributed by atoms with Gasteiger partial charge in [-0.2, -0.15) is 5.26 Å². The summed E-state index contributed by atoms with van der Waals surface area (Å²) in [6.45, 7) is -0.0683. The van der Waals surface area contributed by atoms with Crippen LogP contribution >= 0.6 is 0 Å². The van der Waals surface area contributed by atoms with Gasteiger partial charge in [-0.1, -0.05) is 12.5 Å². The molecule has 110 valence electrons. The average Bonchev–Trinajstić information content (AvgIpc) is 2.95. The molecule has 0 aliphatic heterocycles. The monoisotopic (exact) mass is 288 g/mol. The van der Waals surface area contributed by atoms with Gasteiger partial charge in [-0.15, -0.1) is 0 Å². The fraction of sp³-hybridized carbons (Fsp3) is 0.400. The number of anilines is 1. The van der Waals surface area contributed by atoms with Crippen molar-refractivity contribution < 1.29 is 19.4 Å². The second-order valence-electron chi connectivity index (χ2n) is 4.95. The second kappa shape index (κ2) is 6.75. The van der Waals surface area contributed by atoms with Gasteiger partial charge in [0.1, 0.15) is 11.8 Å². The lowest BCUT2D eigenvalue weighted by atomic mass is 9.95. The number of ether oxygens (including phenoxy) is 1. The lowest BCUT2D eigenvalue weighted by molar-refractivity contribution is -0.145. The lowest BCUT2D eigenvalue weighted by Crippen LogP contribution is -2.29. The number of carboxylic acid groups (broad SMARTS) is 1. The molecule has 2 rings (SSSR count). The number of hydrogen-bond acceptors (Lipinski definition) is 4. The molecule has 0 heterocycles. The molecule has 0 saturated heterocycles. The van der Waals surface area contributed by atoms with Crippen LogP contribution in [0.1, 0.15) is 19.3 Å². The summed E-state index contributed by atoms with van der Waals surface area (Å²) in [6.07, 6.45) is 1.88. The summed E-state index contributed by atoms with van der Waals surface area (Å²) < 4.78 is 5.16. The summed E-state index contributed by atoms with van der Waals surface area (Å²) in [5.74, 6) is -1.82. The van der Waals surface area contributed by atoms with Crippen molar-refractivity contribution in [1.29, 1.82) is 5.26 Å². The van der Waals surface area contributed by atoms with Crippen LogP contribution in [0.15, 0.2) is 24.3 Å². The Morgan fingerprint density at radius 2 is 2.14 bits per heavy atom. The smallest absolute Gasteiger partial charge is 0.307 e. The van der Waals surface area contributed by atoms with E-state index in [9.17, 15) is 9.59 Å². The topological polar surface area (TPSA) is 99.4 Å². The average molecular weight is 288 g/mol. The molecule has 1 aliphatic carbocycles. The Kier molecular flexibility index (Phi) is 4.77. The van der Waals surface area contributed by atoms with Gasteiger partial charge in [0.05, 0.1) is 11.8 Å². The molecule has 0 spiro atoms. The van der Waals surface area contributed by atoms with Crippen LogP contribution in [0.5, 0.6) is 5.75 Å². The Hall–Kier alpha value is -2.55. The van der Waals surface area contributed by atoms with E-state index in [2.05, 4.69) is 5.32 Å². The van der Waals surface area contributed by atoms with Crippen molar-refractivity contribution in [2.45, 2.75) is 19.3 Å². The normalized spacial score (nSPS) is 20.5. The van der Waals surface area contributed by atoms with Crippen molar-refractivity contribution >= 4 is 17.6 Å². The largest absolute Gasteiger partial charge is 0.481 e. The van der Waals surface area contributed by atoms with Crippen molar-refractivity contribution in [3.8, 4) is 11.8 Å². The van der Waals surface area contributed by atoms with E-state index in [1.165, 1.54) is 0 Å². The van der Waals surface area contributed by atoms with Crippen molar-refractivity contribution in [2.24, 2.45) is 11.8 Å². The van der Waals surface area contributed by atoms with E-state index in [-0.39, 0.29) is 12.5 Å². The molecule has 6 nitrogen and oxygen atoms in total. The molecule has 1 saturated carbocycles. The Balaban J connectivity index is 2.02. The van der Waals surface area contributed by atoms with Crippen LogP contribution in [0.2, 0.25) is 0 Å². The van der Waals surface area contributed by atoms with Crippen molar-refractivity contribution in [2.75, 3.05) is 11.9 Å². The molecule has 1 aromatic carbocycles. The van der Waals surface area contributed by atoms with Crippen LogP contribution in [0.4, 0.5) is 5.69 Å². The van der Waals surface area contributed by atoms with Gasteiger partial charge < -0.3 is 15.2 Å². The fourth-order valence-corrected chi connectivity index (χ4v) is 2.58. The molecule has 21 heavy (non-hydrogen) atoms. The van der Waals surface area contributed by atoms with Gasteiger partial charge >= 0.3 is 5.97 Å². The molecular formula is C15H16N2O4. The van der Waals surface area contributed by atoms with E-state index < -0.39 is 17.8 Å². The molecule has 0 unspecified atom stereocenters. The van der Waals surface area contributed by atoms with E-state index in [0.29, 0.717) is 24.3 Å². The molecule has 0 radical (unpaired) electrons. The standard InChI is InChI=1S/C15H16N2O4/c16-7-8-21-11-4-1-3-10(9-11)17-14(18)12-5-2-6-13(12)15(19)20/h1,3-4,9,12-13H,2,5-6,8H2,(H,17,18)(H,19,20)/t12-,13+/m1/s1. The zero-order chi connectivity index (χ0) is 15.2. The van der Waals surface area contributed by atoms with Gasteiger partial charge in [-0.05, 0) is 25.0 Å². The number of carbonyl (C=O) groups excluding carboxylic acids is 1. The van der Waals surface area contributed by atoms with Crippen molar-refractivity contribution in [3.63, 3.8) is 0 Å². The molecule has 1 aromatic rings. The molecule has 0 bridgehead atoms. The Morgan fingerprint density at radius 1 is 1.38 bits per heavy atom. The van der Waals surface area contributed by atoms with Crippen LogP contribution in [-0.4, -0.2) is 23.6 Å². The highest BCUT2D eigenvalue weighted by atomic mass is 16.5. The van der Waals surface area contributed by atoms with Crippen LogP contribution in [-0.2, 0) is 9.59 Å². The number of benzene rings is 1. The van der Waals surface area contributed by atoms with Gasteiger partial charge in [0.25, 0.3) is 0 Å². The van der Waals surface area contributed by atoms with Gasteiger partial charge in [-0.3, -0.25) is 9.59 Å². The van der Waals surface area contributed by atoms with Crippen LogP contribution in [0.3, 0.4) is 0 Å². The van der Waals surface area contributed by atoms with Gasteiger partial charge in [-0.25, -0.2) is 0 Å². The molecule has 2 N–H and O–H groups in total. The van der Waals surface area contributed by atoms with E-state index >= 15 is 0 Å². The molecule has 2 atom stereocenters. The summed E-state index contributed by atoms with van der Waals surface area (Å²) in [5, 5.41) is 20.3. The third kappa shape index (κ3) is 3.72. The maximum atomic E-state index is 12.2. The minimum Gasteiger partial charge on any atom is -0.481 e. The lowest BCUT2D eigenvalue weighted by Gasteiger charge is -2.15. The predicted octanol–water partition coefficient (Wildman–Crippen LogP) is 2.03. The SMILES string of the molecule is N#CCOc1cccc(NC(=O)[C@@H]2CCC[C@@H]2C(=O)O)c1. The Labute approximate surface area is 122 Å². The van der Waals surface area contributed by atoms with E-state index in [0.717, 1.165) is 6.42 Å². The third-order valence-corrected chi connectivity index (χ3v) is 3.57. The van der Waals surface area contributed by atoms with Crippen LogP contribution < -0.4 is 10.1 Å². The number of carbonyl (C=O) groups is 2. The van der Waals surface area contributed by atoms with Gasteiger partial charge in [0.2, 0.25) is 5.91 Å².